The number of alkyl halides is 3. The minimum atomic E-state index is -4.68. The number of aromatic nitrogens is 5. The van der Waals surface area contributed by atoms with Crippen LogP contribution in [0.15, 0.2) is 41.3 Å². The molecule has 1 aromatic carbocycles. The number of halogens is 4. The van der Waals surface area contributed by atoms with Gasteiger partial charge in [-0.15, -0.1) is 0 Å². The third-order valence-electron chi connectivity index (χ3n) is 7.43. The summed E-state index contributed by atoms with van der Waals surface area (Å²) in [7, 11) is 0. The molecule has 2 aliphatic rings. The SMILES string of the molecule is Cc1nc2nc([C@@H]3CCO[C@@H](c4ccc(=O)n(C5CC5)c4)C3)nc(-c3ccc(C(F)(F)F)cc3F)c2nc1C. The third-order valence-corrected chi connectivity index (χ3v) is 7.43. The molecule has 11 heteroatoms. The van der Waals surface area contributed by atoms with Crippen LogP contribution in [0.3, 0.4) is 0 Å². The molecule has 1 aliphatic heterocycles. The molecule has 1 saturated carbocycles. The first-order chi connectivity index (χ1) is 18.6. The van der Waals surface area contributed by atoms with Crippen LogP contribution in [-0.4, -0.2) is 31.1 Å². The van der Waals surface area contributed by atoms with Gasteiger partial charge in [0.05, 0.1) is 23.1 Å². The van der Waals surface area contributed by atoms with Gasteiger partial charge in [-0.1, -0.05) is 0 Å². The Morgan fingerprint density at radius 1 is 0.974 bits per heavy atom. The van der Waals surface area contributed by atoms with E-state index in [2.05, 4.69) is 19.9 Å². The highest BCUT2D eigenvalue weighted by Crippen LogP contribution is 2.40. The second-order valence-electron chi connectivity index (χ2n) is 10.2. The summed E-state index contributed by atoms with van der Waals surface area (Å²) in [5.41, 5.74) is 1.45. The number of pyridine rings is 1. The Labute approximate surface area is 220 Å². The van der Waals surface area contributed by atoms with Crippen LogP contribution in [0.2, 0.25) is 0 Å². The molecule has 2 atom stereocenters. The smallest absolute Gasteiger partial charge is 0.373 e. The van der Waals surface area contributed by atoms with Crippen LogP contribution in [-0.2, 0) is 10.9 Å². The van der Waals surface area contributed by atoms with Crippen LogP contribution in [0, 0.1) is 19.7 Å². The van der Waals surface area contributed by atoms with Crippen molar-refractivity contribution in [1.82, 2.24) is 24.5 Å². The van der Waals surface area contributed by atoms with Crippen LogP contribution in [0.1, 0.15) is 72.1 Å². The quantitative estimate of drug-likeness (QED) is 0.296. The maximum absolute atomic E-state index is 15.1. The summed E-state index contributed by atoms with van der Waals surface area (Å²) in [5.74, 6) is -0.838. The Kier molecular flexibility index (Phi) is 6.21. The van der Waals surface area contributed by atoms with E-state index < -0.39 is 17.6 Å². The number of fused-ring (bicyclic) bond motifs is 1. The topological polar surface area (TPSA) is 82.8 Å². The van der Waals surface area contributed by atoms with E-state index in [1.807, 2.05) is 6.20 Å². The van der Waals surface area contributed by atoms with E-state index >= 15 is 4.39 Å². The predicted octanol–water partition coefficient (Wildman–Crippen LogP) is 5.99. The maximum Gasteiger partial charge on any atom is 0.416 e. The number of hydrogen-bond donors (Lipinski definition) is 0. The summed E-state index contributed by atoms with van der Waals surface area (Å²) in [4.78, 5) is 30.7. The molecule has 3 aromatic heterocycles. The van der Waals surface area contributed by atoms with Gasteiger partial charge in [0.15, 0.2) is 5.65 Å². The average Bonchev–Trinajstić information content (AvgIpc) is 3.74. The van der Waals surface area contributed by atoms with Crippen LogP contribution in [0.5, 0.6) is 0 Å². The van der Waals surface area contributed by atoms with Gasteiger partial charge in [-0.3, -0.25) is 4.79 Å². The Morgan fingerprint density at radius 3 is 2.46 bits per heavy atom. The van der Waals surface area contributed by atoms with Crippen molar-refractivity contribution in [3.05, 3.63) is 81.0 Å². The van der Waals surface area contributed by atoms with Crippen LogP contribution >= 0.6 is 0 Å². The lowest BCUT2D eigenvalue weighted by Crippen LogP contribution is -2.23. The predicted molar refractivity (Wildman–Crippen MR) is 135 cm³/mol. The van der Waals surface area contributed by atoms with E-state index in [0.717, 1.165) is 30.5 Å². The third kappa shape index (κ3) is 4.91. The normalized spacial score (nSPS) is 19.9. The number of aryl methyl sites for hydroxylation is 2. The largest absolute Gasteiger partial charge is 0.416 e. The van der Waals surface area contributed by atoms with Gasteiger partial charge in [-0.05, 0) is 69.4 Å². The Morgan fingerprint density at radius 2 is 1.74 bits per heavy atom. The van der Waals surface area contributed by atoms with E-state index in [0.29, 0.717) is 42.7 Å². The van der Waals surface area contributed by atoms with Crippen molar-refractivity contribution >= 4 is 11.2 Å². The van der Waals surface area contributed by atoms with Crippen molar-refractivity contribution < 1.29 is 22.3 Å². The number of ether oxygens (including phenoxy) is 1. The molecule has 0 bridgehead atoms. The van der Waals surface area contributed by atoms with Crippen LogP contribution < -0.4 is 5.56 Å². The first-order valence-corrected chi connectivity index (χ1v) is 12.8. The monoisotopic (exact) mass is 539 g/mol. The van der Waals surface area contributed by atoms with Gasteiger partial charge in [0, 0.05) is 36.4 Å². The van der Waals surface area contributed by atoms with E-state index in [4.69, 9.17) is 4.74 Å². The molecule has 0 spiro atoms. The average molecular weight is 540 g/mol. The molecule has 4 aromatic rings. The van der Waals surface area contributed by atoms with Gasteiger partial charge < -0.3 is 9.30 Å². The van der Waals surface area contributed by atoms with Gasteiger partial charge in [0.25, 0.3) is 5.56 Å². The minimum Gasteiger partial charge on any atom is -0.373 e. The van der Waals surface area contributed by atoms with Crippen molar-refractivity contribution in [2.45, 2.75) is 63.8 Å². The second kappa shape index (κ2) is 9.48. The van der Waals surface area contributed by atoms with E-state index in [1.165, 1.54) is 0 Å². The van der Waals surface area contributed by atoms with Crippen molar-refractivity contribution in [3.63, 3.8) is 0 Å². The van der Waals surface area contributed by atoms with E-state index in [1.54, 1.807) is 30.5 Å². The van der Waals surface area contributed by atoms with Gasteiger partial charge in [-0.2, -0.15) is 13.2 Å². The zero-order valence-corrected chi connectivity index (χ0v) is 21.3. The van der Waals surface area contributed by atoms with Crippen molar-refractivity contribution in [3.8, 4) is 11.3 Å². The molecule has 0 N–H and O–H groups in total. The summed E-state index contributed by atoms with van der Waals surface area (Å²) in [6.07, 6.45) is -0.0541. The number of hydrogen-bond acceptors (Lipinski definition) is 6. The highest BCUT2D eigenvalue weighted by molar-refractivity contribution is 5.87. The fourth-order valence-corrected chi connectivity index (χ4v) is 5.00. The van der Waals surface area contributed by atoms with Crippen molar-refractivity contribution in [1.29, 1.82) is 0 Å². The zero-order chi connectivity index (χ0) is 27.5. The summed E-state index contributed by atoms with van der Waals surface area (Å²) in [6.45, 7) is 3.94. The molecule has 2 fully saturated rings. The molecule has 202 valence electrons. The fourth-order valence-electron chi connectivity index (χ4n) is 5.00. The van der Waals surface area contributed by atoms with Crippen LogP contribution in [0.25, 0.3) is 22.4 Å². The molecule has 4 heterocycles. The minimum absolute atomic E-state index is 0.0427. The van der Waals surface area contributed by atoms with Crippen molar-refractivity contribution in [2.75, 3.05) is 6.61 Å². The Hall–Kier alpha value is -3.73. The summed E-state index contributed by atoms with van der Waals surface area (Å²) in [5, 5.41) is 0. The molecule has 0 unspecified atom stereocenters. The Balaban J connectivity index is 1.42. The summed E-state index contributed by atoms with van der Waals surface area (Å²) >= 11 is 0. The number of benzene rings is 1. The van der Waals surface area contributed by atoms with E-state index in [-0.39, 0.29) is 46.0 Å². The number of nitrogens with zero attached hydrogens (tertiary/aromatic N) is 5. The first kappa shape index (κ1) is 25.5. The molecule has 7 nitrogen and oxygen atoms in total. The van der Waals surface area contributed by atoms with Gasteiger partial charge in [0.1, 0.15) is 22.9 Å². The lowest BCUT2D eigenvalue weighted by molar-refractivity contribution is -0.137. The summed E-state index contributed by atoms with van der Waals surface area (Å²) in [6, 6.07) is 5.94. The van der Waals surface area contributed by atoms with Gasteiger partial charge in [0.2, 0.25) is 0 Å². The zero-order valence-electron chi connectivity index (χ0n) is 21.3. The summed E-state index contributed by atoms with van der Waals surface area (Å²) < 4.78 is 62.5. The molecular formula is C28H25F4N5O2. The second-order valence-corrected chi connectivity index (χ2v) is 10.2. The van der Waals surface area contributed by atoms with Gasteiger partial charge >= 0.3 is 6.18 Å². The molecule has 39 heavy (non-hydrogen) atoms. The maximum atomic E-state index is 15.1. The molecule has 0 radical (unpaired) electrons. The fraction of sp³-hybridized carbons (Fsp3) is 0.393. The number of rotatable bonds is 4. The first-order valence-electron chi connectivity index (χ1n) is 12.8. The lowest BCUT2D eigenvalue weighted by atomic mass is 9.91. The standard InChI is InChI=1S/C28H25F4N5O2/c1-14-15(2)34-27-25(33-14)24(20-7-4-18(12-21(20)29)28(30,31)32)35-26(36-27)16-9-10-39-22(11-16)17-3-8-23(38)37(13-17)19-5-6-19/h3-4,7-8,12-13,16,19,22H,5-6,9-11H2,1-2H3/t16-,22-/m1/s1. The molecule has 6 rings (SSSR count). The molecule has 0 amide bonds. The lowest BCUT2D eigenvalue weighted by Gasteiger charge is -2.29. The Bertz CT molecular complexity index is 1650. The molecule has 1 saturated heterocycles. The highest BCUT2D eigenvalue weighted by Gasteiger charge is 2.33. The van der Waals surface area contributed by atoms with E-state index in [9.17, 15) is 18.0 Å². The van der Waals surface area contributed by atoms with Crippen LogP contribution in [0.4, 0.5) is 17.6 Å². The van der Waals surface area contributed by atoms with Gasteiger partial charge in [-0.25, -0.2) is 24.3 Å². The molecular weight excluding hydrogens is 514 g/mol. The highest BCUT2D eigenvalue weighted by atomic mass is 19.4. The van der Waals surface area contributed by atoms with Crippen molar-refractivity contribution in [2.24, 2.45) is 0 Å². The molecule has 1 aliphatic carbocycles.